The van der Waals surface area contributed by atoms with Gasteiger partial charge < -0.3 is 10.4 Å². The van der Waals surface area contributed by atoms with Crippen molar-refractivity contribution in [3.8, 4) is 5.75 Å². The number of aromatic hydroxyl groups is 1. The summed E-state index contributed by atoms with van der Waals surface area (Å²) in [5.74, 6) is -0.0881. The molecule has 0 aliphatic carbocycles. The molecule has 5 heteroatoms. The van der Waals surface area contributed by atoms with Gasteiger partial charge in [0.2, 0.25) is 0 Å². The van der Waals surface area contributed by atoms with E-state index in [4.69, 9.17) is 0 Å². The Labute approximate surface area is 97.5 Å². The summed E-state index contributed by atoms with van der Waals surface area (Å²) in [5, 5.41) is 12.9. The molecule has 94 valence electrons. The molecule has 0 bridgehead atoms. The number of benzene rings is 1. The van der Waals surface area contributed by atoms with Crippen molar-refractivity contribution in [3.05, 3.63) is 29.3 Å². The van der Waals surface area contributed by atoms with Gasteiger partial charge in [-0.1, -0.05) is 0 Å². The number of hydrogen-bond acceptors (Lipinski definition) is 2. The first-order valence-electron chi connectivity index (χ1n) is 5.49. The molecule has 1 saturated heterocycles. The molecule has 1 fully saturated rings. The maximum Gasteiger partial charge on any atom is 0.416 e. The Kier molecular flexibility index (Phi) is 2.81. The van der Waals surface area contributed by atoms with Crippen LogP contribution in [0.3, 0.4) is 0 Å². The van der Waals surface area contributed by atoms with Crippen molar-refractivity contribution in [2.45, 2.75) is 31.5 Å². The van der Waals surface area contributed by atoms with Crippen LogP contribution in [0, 0.1) is 0 Å². The van der Waals surface area contributed by atoms with Gasteiger partial charge in [0.25, 0.3) is 0 Å². The third kappa shape index (κ3) is 2.24. The standard InChI is InChI=1S/C12H14F3NO/c1-11(5-2-6-16-11)9-7-8(12(13,14)15)3-4-10(9)17/h3-4,7,16-17H,2,5-6H2,1H3. The van der Waals surface area contributed by atoms with Gasteiger partial charge in [-0.15, -0.1) is 0 Å². The molecule has 1 aliphatic rings. The molecule has 0 amide bonds. The first kappa shape index (κ1) is 12.2. The van der Waals surface area contributed by atoms with Crippen LogP contribution < -0.4 is 5.32 Å². The van der Waals surface area contributed by atoms with Crippen molar-refractivity contribution in [2.24, 2.45) is 0 Å². The Bertz CT molecular complexity index is 422. The predicted molar refractivity (Wildman–Crippen MR) is 57.7 cm³/mol. The molecule has 2 rings (SSSR count). The van der Waals surface area contributed by atoms with Gasteiger partial charge in [-0.05, 0) is 44.5 Å². The lowest BCUT2D eigenvalue weighted by Crippen LogP contribution is -2.33. The maximum absolute atomic E-state index is 12.6. The summed E-state index contributed by atoms with van der Waals surface area (Å²) in [7, 11) is 0. The molecule has 2 N–H and O–H groups in total. The van der Waals surface area contributed by atoms with E-state index in [-0.39, 0.29) is 5.75 Å². The van der Waals surface area contributed by atoms with Crippen LogP contribution in [0.4, 0.5) is 13.2 Å². The highest BCUT2D eigenvalue weighted by atomic mass is 19.4. The van der Waals surface area contributed by atoms with E-state index in [1.165, 1.54) is 0 Å². The van der Waals surface area contributed by atoms with Crippen LogP contribution in [0.25, 0.3) is 0 Å². The molecule has 1 unspecified atom stereocenters. The average molecular weight is 245 g/mol. The summed E-state index contributed by atoms with van der Waals surface area (Å²) >= 11 is 0. The maximum atomic E-state index is 12.6. The van der Waals surface area contributed by atoms with E-state index in [0.717, 1.165) is 37.6 Å². The molecule has 1 atom stereocenters. The van der Waals surface area contributed by atoms with E-state index in [1.807, 2.05) is 6.92 Å². The van der Waals surface area contributed by atoms with Gasteiger partial charge in [0, 0.05) is 11.1 Å². The summed E-state index contributed by atoms with van der Waals surface area (Å²) in [6.07, 6.45) is -2.76. The summed E-state index contributed by atoms with van der Waals surface area (Å²) in [6.45, 7) is 2.57. The van der Waals surface area contributed by atoms with E-state index in [9.17, 15) is 18.3 Å². The molecular formula is C12H14F3NO. The fourth-order valence-corrected chi connectivity index (χ4v) is 2.28. The van der Waals surface area contributed by atoms with Crippen molar-refractivity contribution in [1.82, 2.24) is 5.32 Å². The second-order valence-corrected chi connectivity index (χ2v) is 4.59. The highest BCUT2D eigenvalue weighted by Gasteiger charge is 2.36. The molecular weight excluding hydrogens is 231 g/mol. The normalized spacial score (nSPS) is 25.2. The van der Waals surface area contributed by atoms with Crippen LogP contribution in [-0.4, -0.2) is 11.7 Å². The van der Waals surface area contributed by atoms with Crippen molar-refractivity contribution < 1.29 is 18.3 Å². The minimum atomic E-state index is -4.38. The van der Waals surface area contributed by atoms with Gasteiger partial charge in [0.1, 0.15) is 5.75 Å². The molecule has 2 nitrogen and oxygen atoms in total. The summed E-state index contributed by atoms with van der Waals surface area (Å²) in [5.41, 5.74) is -0.962. The number of rotatable bonds is 1. The second kappa shape index (κ2) is 3.91. The number of halogens is 3. The molecule has 1 aromatic carbocycles. The lowest BCUT2D eigenvalue weighted by Gasteiger charge is -2.26. The third-order valence-electron chi connectivity index (χ3n) is 3.29. The highest BCUT2D eigenvalue weighted by Crippen LogP contribution is 2.39. The Hall–Kier alpha value is -1.23. The zero-order valence-corrected chi connectivity index (χ0v) is 9.43. The van der Waals surface area contributed by atoms with E-state index in [2.05, 4.69) is 5.32 Å². The Morgan fingerprint density at radius 2 is 2.06 bits per heavy atom. The highest BCUT2D eigenvalue weighted by molar-refractivity contribution is 5.42. The topological polar surface area (TPSA) is 32.3 Å². The summed E-state index contributed by atoms with van der Waals surface area (Å²) in [4.78, 5) is 0. The second-order valence-electron chi connectivity index (χ2n) is 4.59. The zero-order chi connectivity index (χ0) is 12.7. The summed E-state index contributed by atoms with van der Waals surface area (Å²) < 4.78 is 37.8. The van der Waals surface area contributed by atoms with Gasteiger partial charge in [0.05, 0.1) is 5.56 Å². The molecule has 0 saturated carbocycles. The molecule has 1 aliphatic heterocycles. The Balaban J connectivity index is 2.46. The van der Waals surface area contributed by atoms with Crippen molar-refractivity contribution >= 4 is 0 Å². The SMILES string of the molecule is CC1(c2cc(C(F)(F)F)ccc2O)CCCN1. The monoisotopic (exact) mass is 245 g/mol. The third-order valence-corrected chi connectivity index (χ3v) is 3.29. The molecule has 0 radical (unpaired) electrons. The number of phenolic OH excluding ortho intramolecular Hbond substituents is 1. The predicted octanol–water partition coefficient (Wildman–Crippen LogP) is 3.01. The quantitative estimate of drug-likeness (QED) is 0.797. The van der Waals surface area contributed by atoms with E-state index >= 15 is 0 Å². The van der Waals surface area contributed by atoms with Gasteiger partial charge in [-0.3, -0.25) is 0 Å². The van der Waals surface area contributed by atoms with Crippen LogP contribution in [0.15, 0.2) is 18.2 Å². The molecule has 1 aromatic rings. The Morgan fingerprint density at radius 3 is 2.59 bits per heavy atom. The number of phenols is 1. The smallest absolute Gasteiger partial charge is 0.416 e. The van der Waals surface area contributed by atoms with Gasteiger partial charge in [-0.25, -0.2) is 0 Å². The molecule has 0 aromatic heterocycles. The lowest BCUT2D eigenvalue weighted by atomic mass is 9.88. The first-order chi connectivity index (χ1) is 7.83. The van der Waals surface area contributed by atoms with Crippen LogP contribution in [0.1, 0.15) is 30.9 Å². The van der Waals surface area contributed by atoms with Crippen LogP contribution >= 0.6 is 0 Å². The van der Waals surface area contributed by atoms with Crippen LogP contribution in [0.2, 0.25) is 0 Å². The minimum absolute atomic E-state index is 0.0881. The van der Waals surface area contributed by atoms with Gasteiger partial charge >= 0.3 is 6.18 Å². The van der Waals surface area contributed by atoms with Crippen LogP contribution in [-0.2, 0) is 11.7 Å². The van der Waals surface area contributed by atoms with E-state index < -0.39 is 17.3 Å². The van der Waals surface area contributed by atoms with E-state index in [0.29, 0.717) is 5.56 Å². The largest absolute Gasteiger partial charge is 0.508 e. The van der Waals surface area contributed by atoms with Gasteiger partial charge in [0.15, 0.2) is 0 Å². The van der Waals surface area contributed by atoms with Crippen LogP contribution in [0.5, 0.6) is 5.75 Å². The number of hydrogen-bond donors (Lipinski definition) is 2. The number of alkyl halides is 3. The molecule has 1 heterocycles. The Morgan fingerprint density at radius 1 is 1.35 bits per heavy atom. The van der Waals surface area contributed by atoms with Crippen molar-refractivity contribution in [2.75, 3.05) is 6.54 Å². The number of nitrogens with one attached hydrogen (secondary N) is 1. The summed E-state index contributed by atoms with van der Waals surface area (Å²) in [6, 6.07) is 3.05. The molecule has 0 spiro atoms. The van der Waals surface area contributed by atoms with Crippen molar-refractivity contribution in [3.63, 3.8) is 0 Å². The fraction of sp³-hybridized carbons (Fsp3) is 0.500. The fourth-order valence-electron chi connectivity index (χ4n) is 2.28. The van der Waals surface area contributed by atoms with Gasteiger partial charge in [-0.2, -0.15) is 13.2 Å². The lowest BCUT2D eigenvalue weighted by molar-refractivity contribution is -0.137. The average Bonchev–Trinajstić information content (AvgIpc) is 2.65. The first-order valence-corrected chi connectivity index (χ1v) is 5.49. The minimum Gasteiger partial charge on any atom is -0.508 e. The zero-order valence-electron chi connectivity index (χ0n) is 9.43. The van der Waals surface area contributed by atoms with Crippen molar-refractivity contribution in [1.29, 1.82) is 0 Å². The molecule has 17 heavy (non-hydrogen) atoms. The van der Waals surface area contributed by atoms with E-state index in [1.54, 1.807) is 0 Å².